The Hall–Kier alpha value is -0.870. The molecule has 2 saturated heterocycles. The van der Waals surface area contributed by atoms with E-state index in [1.807, 2.05) is 39.2 Å². The number of thiazole rings is 1. The second-order valence-corrected chi connectivity index (χ2v) is 12.7. The molecule has 200 valence electrons. The van der Waals surface area contributed by atoms with Crippen molar-refractivity contribution in [3.8, 4) is 0 Å². The van der Waals surface area contributed by atoms with Crippen molar-refractivity contribution >= 4 is 17.4 Å². The van der Waals surface area contributed by atoms with E-state index in [0.717, 1.165) is 35.5 Å². The molecule has 8 heteroatoms. The van der Waals surface area contributed by atoms with Crippen molar-refractivity contribution in [1.82, 2.24) is 4.98 Å². The fourth-order valence-corrected chi connectivity index (χ4v) is 5.96. The Kier molecular flexibility index (Phi) is 9.23. The molecule has 3 heterocycles. The molecule has 0 spiro atoms. The number of rotatable bonds is 2. The van der Waals surface area contributed by atoms with Gasteiger partial charge in [0.05, 0.1) is 46.8 Å². The van der Waals surface area contributed by atoms with Crippen LogP contribution in [0.25, 0.3) is 6.08 Å². The van der Waals surface area contributed by atoms with Crippen LogP contribution in [-0.4, -0.2) is 67.8 Å². The normalized spacial score (nSPS) is 41.9. The SMILES string of the molecule is C/C(=C\c1csc(C)n1)[C@@H]1C[C@@H]2O[C@]2(C)CCCC(C)[C@H](O)C(C)C(O)C(C)(C)C(O)CC(O)O1. The van der Waals surface area contributed by atoms with Crippen LogP contribution >= 0.6 is 11.3 Å². The Morgan fingerprint density at radius 3 is 2.46 bits per heavy atom. The first-order valence-corrected chi connectivity index (χ1v) is 13.8. The van der Waals surface area contributed by atoms with E-state index < -0.39 is 42.0 Å². The molecule has 2 aliphatic rings. The van der Waals surface area contributed by atoms with Gasteiger partial charge in [0, 0.05) is 29.6 Å². The van der Waals surface area contributed by atoms with Gasteiger partial charge in [-0.2, -0.15) is 0 Å². The molecule has 35 heavy (non-hydrogen) atoms. The van der Waals surface area contributed by atoms with Crippen molar-refractivity contribution in [1.29, 1.82) is 0 Å². The van der Waals surface area contributed by atoms with E-state index >= 15 is 0 Å². The summed E-state index contributed by atoms with van der Waals surface area (Å²) < 4.78 is 12.2. The number of hydrogen-bond acceptors (Lipinski definition) is 8. The van der Waals surface area contributed by atoms with Crippen molar-refractivity contribution in [2.45, 2.75) is 123 Å². The molecular weight excluding hydrogens is 466 g/mol. The highest BCUT2D eigenvalue weighted by atomic mass is 32.1. The summed E-state index contributed by atoms with van der Waals surface area (Å²) in [6.45, 7) is 13.4. The fraction of sp³-hybridized carbons (Fsp3) is 0.815. The third-order valence-corrected chi connectivity index (χ3v) is 9.10. The van der Waals surface area contributed by atoms with Gasteiger partial charge in [0.15, 0.2) is 6.29 Å². The van der Waals surface area contributed by atoms with E-state index in [1.165, 1.54) is 0 Å². The Morgan fingerprint density at radius 1 is 1.14 bits per heavy atom. The lowest BCUT2D eigenvalue weighted by Crippen LogP contribution is -2.49. The maximum Gasteiger partial charge on any atom is 0.157 e. The molecule has 0 aliphatic carbocycles. The number of epoxide rings is 1. The third kappa shape index (κ3) is 6.92. The molecule has 2 fully saturated rings. The summed E-state index contributed by atoms with van der Waals surface area (Å²) in [5.41, 5.74) is 0.601. The Bertz CT molecular complexity index is 872. The zero-order valence-corrected chi connectivity index (χ0v) is 23.1. The highest BCUT2D eigenvalue weighted by molar-refractivity contribution is 7.09. The van der Waals surface area contributed by atoms with Gasteiger partial charge in [0.1, 0.15) is 0 Å². The van der Waals surface area contributed by atoms with Gasteiger partial charge in [0.2, 0.25) is 0 Å². The molecule has 0 radical (unpaired) electrons. The van der Waals surface area contributed by atoms with E-state index in [9.17, 15) is 20.4 Å². The maximum atomic E-state index is 11.1. The van der Waals surface area contributed by atoms with Crippen molar-refractivity contribution < 1.29 is 29.9 Å². The van der Waals surface area contributed by atoms with Crippen molar-refractivity contribution in [2.24, 2.45) is 17.3 Å². The summed E-state index contributed by atoms with van der Waals surface area (Å²) in [5, 5.41) is 46.8. The van der Waals surface area contributed by atoms with Gasteiger partial charge in [-0.15, -0.1) is 11.3 Å². The van der Waals surface area contributed by atoms with Gasteiger partial charge >= 0.3 is 0 Å². The molecule has 0 bridgehead atoms. The summed E-state index contributed by atoms with van der Waals surface area (Å²) in [5.74, 6) is -0.421. The standard InChI is InChI=1S/C27H45NO6S/c1-15-9-8-10-27(7)22(34-27)12-20(16(2)11-19-14-35-18(4)28-19)33-23(30)13-21(29)26(5,6)25(32)17(3)24(15)31/h11,14-15,17,20-25,29-32H,8-10,12-13H2,1-7H3/b16-11+/t15?,17?,20-,21?,22-,23?,24-,25?,27+/m0/s1. The number of aliphatic hydroxyl groups excluding tert-OH is 4. The number of fused-ring (bicyclic) bond motifs is 1. The Balaban J connectivity index is 1.84. The zero-order chi connectivity index (χ0) is 26.1. The molecule has 7 nitrogen and oxygen atoms in total. The van der Waals surface area contributed by atoms with E-state index in [4.69, 9.17) is 9.47 Å². The van der Waals surface area contributed by atoms with Crippen LogP contribution in [0.4, 0.5) is 0 Å². The number of nitrogens with zero attached hydrogens (tertiary/aromatic N) is 1. The second-order valence-electron chi connectivity index (χ2n) is 11.7. The zero-order valence-electron chi connectivity index (χ0n) is 22.3. The van der Waals surface area contributed by atoms with Crippen LogP contribution in [0.3, 0.4) is 0 Å². The average Bonchev–Trinajstić information content (AvgIpc) is 3.22. The smallest absolute Gasteiger partial charge is 0.157 e. The largest absolute Gasteiger partial charge is 0.392 e. The van der Waals surface area contributed by atoms with E-state index in [-0.39, 0.29) is 24.0 Å². The number of aliphatic hydroxyl groups is 4. The Morgan fingerprint density at radius 2 is 1.83 bits per heavy atom. The van der Waals surface area contributed by atoms with E-state index in [1.54, 1.807) is 25.2 Å². The molecule has 1 aromatic heterocycles. The first-order valence-electron chi connectivity index (χ1n) is 12.9. The molecule has 2 aliphatic heterocycles. The van der Waals surface area contributed by atoms with Crippen LogP contribution in [0.1, 0.15) is 84.3 Å². The molecule has 3 rings (SSSR count). The lowest BCUT2D eigenvalue weighted by molar-refractivity contribution is -0.169. The lowest BCUT2D eigenvalue weighted by Gasteiger charge is -2.41. The number of ether oxygens (including phenoxy) is 2. The van der Waals surface area contributed by atoms with Crippen LogP contribution in [0.5, 0.6) is 0 Å². The third-order valence-electron chi connectivity index (χ3n) is 8.30. The minimum absolute atomic E-state index is 0.00900. The summed E-state index contributed by atoms with van der Waals surface area (Å²) in [6.07, 6.45) is 0.845. The fourth-order valence-electron chi connectivity index (χ4n) is 5.39. The Labute approximate surface area is 214 Å². The summed E-state index contributed by atoms with van der Waals surface area (Å²) in [4.78, 5) is 4.52. The number of aryl methyl sites for hydroxylation is 1. The first kappa shape index (κ1) is 28.7. The lowest BCUT2D eigenvalue weighted by atomic mass is 9.71. The molecule has 1 aromatic rings. The van der Waals surface area contributed by atoms with Crippen LogP contribution in [0.2, 0.25) is 0 Å². The predicted molar refractivity (Wildman–Crippen MR) is 138 cm³/mol. The quantitative estimate of drug-likeness (QED) is 0.443. The topological polar surface area (TPSA) is 116 Å². The highest BCUT2D eigenvalue weighted by Crippen LogP contribution is 2.45. The van der Waals surface area contributed by atoms with Gasteiger partial charge in [-0.3, -0.25) is 0 Å². The second kappa shape index (κ2) is 11.3. The van der Waals surface area contributed by atoms with Crippen molar-refractivity contribution in [2.75, 3.05) is 0 Å². The molecule has 0 saturated carbocycles. The van der Waals surface area contributed by atoms with Crippen LogP contribution in [0, 0.1) is 24.2 Å². The molecule has 0 amide bonds. The van der Waals surface area contributed by atoms with E-state index in [2.05, 4.69) is 11.9 Å². The van der Waals surface area contributed by atoms with Crippen molar-refractivity contribution in [3.05, 3.63) is 21.7 Å². The van der Waals surface area contributed by atoms with Crippen LogP contribution in [-0.2, 0) is 9.47 Å². The minimum atomic E-state index is -1.22. The van der Waals surface area contributed by atoms with Gasteiger partial charge in [-0.05, 0) is 51.2 Å². The van der Waals surface area contributed by atoms with Crippen molar-refractivity contribution in [3.63, 3.8) is 0 Å². The minimum Gasteiger partial charge on any atom is -0.392 e. The maximum absolute atomic E-state index is 11.1. The summed E-state index contributed by atoms with van der Waals surface area (Å²) in [7, 11) is 0. The molecular formula is C27H45NO6S. The summed E-state index contributed by atoms with van der Waals surface area (Å²) >= 11 is 1.58. The van der Waals surface area contributed by atoms with Gasteiger partial charge in [0.25, 0.3) is 0 Å². The van der Waals surface area contributed by atoms with E-state index in [0.29, 0.717) is 6.42 Å². The monoisotopic (exact) mass is 511 g/mol. The van der Waals surface area contributed by atoms with Gasteiger partial charge < -0.3 is 29.9 Å². The molecule has 5 unspecified atom stereocenters. The molecule has 9 atom stereocenters. The first-order chi connectivity index (χ1) is 16.2. The summed E-state index contributed by atoms with van der Waals surface area (Å²) in [6, 6.07) is 0. The average molecular weight is 512 g/mol. The van der Waals surface area contributed by atoms with Gasteiger partial charge in [-0.1, -0.05) is 34.1 Å². The molecule has 0 aromatic carbocycles. The van der Waals surface area contributed by atoms with Crippen LogP contribution < -0.4 is 0 Å². The van der Waals surface area contributed by atoms with Gasteiger partial charge in [-0.25, -0.2) is 4.98 Å². The number of aromatic nitrogens is 1. The molecule has 4 N–H and O–H groups in total. The number of hydrogen-bond donors (Lipinski definition) is 4. The highest BCUT2D eigenvalue weighted by Gasteiger charge is 2.52. The van der Waals surface area contributed by atoms with Crippen LogP contribution in [0.15, 0.2) is 11.0 Å². The predicted octanol–water partition coefficient (Wildman–Crippen LogP) is 4.06.